The summed E-state index contributed by atoms with van der Waals surface area (Å²) in [6.45, 7) is 2.72. The fourth-order valence-corrected chi connectivity index (χ4v) is 3.25. The van der Waals surface area contributed by atoms with Crippen LogP contribution in [-0.2, 0) is 6.54 Å². The van der Waals surface area contributed by atoms with Crippen molar-refractivity contribution in [1.29, 1.82) is 0 Å². The molecule has 0 radical (unpaired) electrons. The fourth-order valence-electron chi connectivity index (χ4n) is 1.82. The van der Waals surface area contributed by atoms with Crippen molar-refractivity contribution in [2.75, 3.05) is 0 Å². The van der Waals surface area contributed by atoms with Crippen molar-refractivity contribution in [2.24, 2.45) is 0 Å². The lowest BCUT2D eigenvalue weighted by atomic mass is 10.3. The van der Waals surface area contributed by atoms with Gasteiger partial charge in [0.05, 0.1) is 27.5 Å². The van der Waals surface area contributed by atoms with Crippen LogP contribution < -0.4 is 5.43 Å². The van der Waals surface area contributed by atoms with E-state index in [2.05, 4.69) is 14.9 Å². The summed E-state index contributed by atoms with van der Waals surface area (Å²) < 4.78 is 2.89. The van der Waals surface area contributed by atoms with Crippen LogP contribution in [0.15, 0.2) is 33.9 Å². The first-order valence-corrected chi connectivity index (χ1v) is 6.97. The van der Waals surface area contributed by atoms with Crippen LogP contribution in [0.25, 0.3) is 10.2 Å². The first kappa shape index (κ1) is 10.7. The molecular weight excluding hydrogens is 252 g/mol. The van der Waals surface area contributed by atoms with Gasteiger partial charge >= 0.3 is 0 Å². The SMILES string of the molecule is Cc1nc(Cn2ccc(=O)c3sccc32)cs1. The maximum absolute atomic E-state index is 11.6. The molecule has 0 bridgehead atoms. The number of aromatic nitrogens is 2. The lowest BCUT2D eigenvalue weighted by molar-refractivity contribution is 0.803. The molecule has 3 aromatic heterocycles. The second-order valence-corrected chi connectivity index (χ2v) is 5.78. The number of thiophene rings is 1. The van der Waals surface area contributed by atoms with Gasteiger partial charge in [0.25, 0.3) is 0 Å². The number of aryl methyl sites for hydroxylation is 1. The third-order valence-corrected chi connectivity index (χ3v) is 4.32. The quantitative estimate of drug-likeness (QED) is 0.712. The van der Waals surface area contributed by atoms with Crippen molar-refractivity contribution in [3.05, 3.63) is 50.0 Å². The van der Waals surface area contributed by atoms with Crippen LogP contribution >= 0.6 is 22.7 Å². The minimum absolute atomic E-state index is 0.0979. The Balaban J connectivity index is 2.09. The van der Waals surface area contributed by atoms with E-state index in [0.29, 0.717) is 0 Å². The summed E-state index contributed by atoms with van der Waals surface area (Å²) in [7, 11) is 0. The molecule has 0 spiro atoms. The van der Waals surface area contributed by atoms with Crippen LogP contribution in [0.1, 0.15) is 10.7 Å². The van der Waals surface area contributed by atoms with Gasteiger partial charge in [-0.05, 0) is 18.4 Å². The average Bonchev–Trinajstić information content (AvgIpc) is 2.92. The normalized spacial score (nSPS) is 11.1. The van der Waals surface area contributed by atoms with Gasteiger partial charge in [-0.25, -0.2) is 4.98 Å². The molecule has 86 valence electrons. The van der Waals surface area contributed by atoms with Crippen LogP contribution in [-0.4, -0.2) is 9.55 Å². The van der Waals surface area contributed by atoms with Crippen molar-refractivity contribution < 1.29 is 0 Å². The molecule has 0 aliphatic rings. The first-order chi connectivity index (χ1) is 8.24. The van der Waals surface area contributed by atoms with Gasteiger partial charge in [0.1, 0.15) is 0 Å². The zero-order chi connectivity index (χ0) is 11.8. The lowest BCUT2D eigenvalue weighted by Crippen LogP contribution is -2.06. The second-order valence-electron chi connectivity index (χ2n) is 3.80. The van der Waals surface area contributed by atoms with Gasteiger partial charge < -0.3 is 4.57 Å². The van der Waals surface area contributed by atoms with Gasteiger partial charge in [0.2, 0.25) is 0 Å². The highest BCUT2D eigenvalue weighted by molar-refractivity contribution is 7.17. The van der Waals surface area contributed by atoms with Gasteiger partial charge in [-0.1, -0.05) is 0 Å². The number of nitrogens with zero attached hydrogens (tertiary/aromatic N) is 2. The molecule has 3 aromatic rings. The summed E-state index contributed by atoms with van der Waals surface area (Å²) in [6, 6.07) is 3.61. The van der Waals surface area contributed by atoms with Gasteiger partial charge in [0, 0.05) is 17.6 Å². The highest BCUT2D eigenvalue weighted by Gasteiger charge is 2.05. The van der Waals surface area contributed by atoms with Crippen molar-refractivity contribution in [3.8, 4) is 0 Å². The summed E-state index contributed by atoms with van der Waals surface area (Å²) in [5.74, 6) is 0. The van der Waals surface area contributed by atoms with E-state index in [-0.39, 0.29) is 5.43 Å². The Labute approximate surface area is 106 Å². The van der Waals surface area contributed by atoms with E-state index in [1.54, 1.807) is 17.4 Å². The topological polar surface area (TPSA) is 34.9 Å². The highest BCUT2D eigenvalue weighted by atomic mass is 32.1. The predicted molar refractivity (Wildman–Crippen MR) is 72.0 cm³/mol. The maximum Gasteiger partial charge on any atom is 0.199 e. The summed E-state index contributed by atoms with van der Waals surface area (Å²) >= 11 is 3.14. The van der Waals surface area contributed by atoms with E-state index < -0.39 is 0 Å². The van der Waals surface area contributed by atoms with E-state index in [1.807, 2.05) is 24.6 Å². The molecule has 0 amide bonds. The molecule has 0 aromatic carbocycles. The standard InChI is InChI=1S/C12H10N2OS2/c1-8-13-9(7-17-8)6-14-4-2-11(15)12-10(14)3-5-16-12/h2-5,7H,6H2,1H3. The second kappa shape index (κ2) is 4.09. The van der Waals surface area contributed by atoms with Gasteiger partial charge in [0.15, 0.2) is 5.43 Å². The number of pyridine rings is 1. The van der Waals surface area contributed by atoms with Crippen LogP contribution in [0.2, 0.25) is 0 Å². The molecule has 0 N–H and O–H groups in total. The number of thiazole rings is 1. The molecule has 0 aliphatic carbocycles. The van der Waals surface area contributed by atoms with Crippen LogP contribution in [0, 0.1) is 6.92 Å². The van der Waals surface area contributed by atoms with E-state index in [1.165, 1.54) is 11.3 Å². The van der Waals surface area contributed by atoms with E-state index >= 15 is 0 Å². The minimum atomic E-state index is 0.0979. The largest absolute Gasteiger partial charge is 0.341 e. The lowest BCUT2D eigenvalue weighted by Gasteiger charge is -2.05. The van der Waals surface area contributed by atoms with Crippen molar-refractivity contribution in [1.82, 2.24) is 9.55 Å². The zero-order valence-corrected chi connectivity index (χ0v) is 10.8. The van der Waals surface area contributed by atoms with Gasteiger partial charge in [-0.15, -0.1) is 22.7 Å². The summed E-state index contributed by atoms with van der Waals surface area (Å²) in [5.41, 5.74) is 2.14. The molecule has 3 rings (SSSR count). The molecule has 17 heavy (non-hydrogen) atoms. The van der Waals surface area contributed by atoms with E-state index in [4.69, 9.17) is 0 Å². The summed E-state index contributed by atoms with van der Waals surface area (Å²) in [4.78, 5) is 16.1. The third-order valence-electron chi connectivity index (χ3n) is 2.58. The Kier molecular flexibility index (Phi) is 2.57. The van der Waals surface area contributed by atoms with Crippen molar-refractivity contribution in [3.63, 3.8) is 0 Å². The molecule has 0 fully saturated rings. The van der Waals surface area contributed by atoms with Crippen LogP contribution in [0.5, 0.6) is 0 Å². The van der Waals surface area contributed by atoms with Crippen LogP contribution in [0.4, 0.5) is 0 Å². The van der Waals surface area contributed by atoms with E-state index in [0.717, 1.165) is 27.5 Å². The summed E-state index contributed by atoms with van der Waals surface area (Å²) in [5, 5.41) is 5.09. The summed E-state index contributed by atoms with van der Waals surface area (Å²) in [6.07, 6.45) is 1.84. The Hall–Kier alpha value is -1.46. The molecule has 0 atom stereocenters. The molecule has 3 heterocycles. The Bertz CT molecular complexity index is 723. The van der Waals surface area contributed by atoms with Crippen LogP contribution in [0.3, 0.4) is 0 Å². The average molecular weight is 262 g/mol. The minimum Gasteiger partial charge on any atom is -0.341 e. The monoisotopic (exact) mass is 262 g/mol. The van der Waals surface area contributed by atoms with Crippen molar-refractivity contribution in [2.45, 2.75) is 13.5 Å². The molecule has 3 nitrogen and oxygen atoms in total. The smallest absolute Gasteiger partial charge is 0.199 e. The van der Waals surface area contributed by atoms with Gasteiger partial charge in [-0.3, -0.25) is 4.79 Å². The Morgan fingerprint density at radius 1 is 1.35 bits per heavy atom. The fraction of sp³-hybridized carbons (Fsp3) is 0.167. The first-order valence-electron chi connectivity index (χ1n) is 5.22. The predicted octanol–water partition coefficient (Wildman–Crippen LogP) is 2.88. The number of rotatable bonds is 2. The molecular formula is C12H10N2OS2. The number of hydrogen-bond acceptors (Lipinski definition) is 4. The maximum atomic E-state index is 11.6. The third kappa shape index (κ3) is 1.92. The number of fused-ring (bicyclic) bond motifs is 1. The Morgan fingerprint density at radius 2 is 2.24 bits per heavy atom. The molecule has 0 saturated carbocycles. The highest BCUT2D eigenvalue weighted by Crippen LogP contribution is 2.18. The molecule has 5 heteroatoms. The molecule has 0 unspecified atom stereocenters. The van der Waals surface area contributed by atoms with Gasteiger partial charge in [-0.2, -0.15) is 0 Å². The molecule has 0 saturated heterocycles. The molecule has 0 aliphatic heterocycles. The van der Waals surface area contributed by atoms with Crippen molar-refractivity contribution >= 4 is 32.9 Å². The Morgan fingerprint density at radius 3 is 3.00 bits per heavy atom. The van der Waals surface area contributed by atoms with E-state index in [9.17, 15) is 4.79 Å². The number of hydrogen-bond donors (Lipinski definition) is 0. The zero-order valence-electron chi connectivity index (χ0n) is 9.21.